The molecule has 0 saturated carbocycles. The molecule has 2 unspecified atom stereocenters. The summed E-state index contributed by atoms with van der Waals surface area (Å²) < 4.78 is 0. The van der Waals surface area contributed by atoms with Crippen LogP contribution in [0.15, 0.2) is 36.9 Å². The second kappa shape index (κ2) is 6.91. The second-order valence-corrected chi connectivity index (χ2v) is 5.56. The third-order valence-corrected chi connectivity index (χ3v) is 4.07. The summed E-state index contributed by atoms with van der Waals surface area (Å²) in [6.07, 6.45) is 4.70. The average molecular weight is 294 g/mol. The van der Waals surface area contributed by atoms with Crippen molar-refractivity contribution in [3.05, 3.63) is 47.5 Å². The van der Waals surface area contributed by atoms with Gasteiger partial charge in [-0.05, 0) is 37.0 Å². The van der Waals surface area contributed by atoms with Gasteiger partial charge in [0.15, 0.2) is 0 Å². The number of piperidine rings is 1. The molecule has 1 amide bonds. The zero-order valence-electron chi connectivity index (χ0n) is 11.5. The maximum atomic E-state index is 12.3. The molecule has 2 rings (SSSR count). The summed E-state index contributed by atoms with van der Waals surface area (Å²) >= 11 is 5.92. The van der Waals surface area contributed by atoms with Gasteiger partial charge in [0, 0.05) is 11.4 Å². The molecule has 0 aromatic heterocycles. The maximum absolute atomic E-state index is 12.3. The molecule has 20 heavy (non-hydrogen) atoms. The molecule has 1 saturated heterocycles. The number of likely N-dealkylation sites (tertiary alicyclic amines) is 1. The number of amides is 1. The molecule has 0 spiro atoms. The summed E-state index contributed by atoms with van der Waals surface area (Å²) in [6.45, 7) is 3.64. The van der Waals surface area contributed by atoms with E-state index in [0.29, 0.717) is 11.4 Å². The van der Waals surface area contributed by atoms with Crippen LogP contribution in [0.2, 0.25) is 5.02 Å². The largest absolute Gasteiger partial charge is 0.394 e. The third kappa shape index (κ3) is 3.22. The average Bonchev–Trinajstić information content (AvgIpc) is 2.47. The fraction of sp³-hybridized carbons (Fsp3) is 0.438. The standard InChI is InChI=1S/C16H20ClNO2/c1-2-4-16(20)18-14(11-19)5-3-6-15(18)12-7-9-13(17)10-8-12/h2,7-10,14-15,19H,1,3-6,11H2. The van der Waals surface area contributed by atoms with Crippen LogP contribution in [0.1, 0.15) is 37.3 Å². The van der Waals surface area contributed by atoms with Crippen LogP contribution in [-0.4, -0.2) is 28.6 Å². The summed E-state index contributed by atoms with van der Waals surface area (Å²) in [4.78, 5) is 14.2. The summed E-state index contributed by atoms with van der Waals surface area (Å²) in [5, 5.41) is 10.2. The maximum Gasteiger partial charge on any atom is 0.227 e. The van der Waals surface area contributed by atoms with Crippen molar-refractivity contribution >= 4 is 17.5 Å². The van der Waals surface area contributed by atoms with E-state index in [2.05, 4.69) is 6.58 Å². The monoisotopic (exact) mass is 293 g/mol. The van der Waals surface area contributed by atoms with Crippen molar-refractivity contribution in [2.75, 3.05) is 6.61 Å². The van der Waals surface area contributed by atoms with E-state index in [4.69, 9.17) is 11.6 Å². The molecule has 1 N–H and O–H groups in total. The number of aliphatic hydroxyl groups is 1. The first-order valence-electron chi connectivity index (χ1n) is 6.95. The zero-order chi connectivity index (χ0) is 14.5. The van der Waals surface area contributed by atoms with E-state index in [1.54, 1.807) is 6.08 Å². The van der Waals surface area contributed by atoms with Gasteiger partial charge >= 0.3 is 0 Å². The molecule has 1 heterocycles. The lowest BCUT2D eigenvalue weighted by molar-refractivity contribution is -0.139. The Bertz CT molecular complexity index is 472. The lowest BCUT2D eigenvalue weighted by Gasteiger charge is -2.42. The molecule has 108 valence electrons. The van der Waals surface area contributed by atoms with Gasteiger partial charge in [-0.15, -0.1) is 6.58 Å². The minimum Gasteiger partial charge on any atom is -0.394 e. The van der Waals surface area contributed by atoms with E-state index >= 15 is 0 Å². The van der Waals surface area contributed by atoms with Gasteiger partial charge in [-0.2, -0.15) is 0 Å². The fourth-order valence-electron chi connectivity index (χ4n) is 2.88. The van der Waals surface area contributed by atoms with Gasteiger partial charge in [0.2, 0.25) is 5.91 Å². The van der Waals surface area contributed by atoms with Crippen LogP contribution >= 0.6 is 11.6 Å². The quantitative estimate of drug-likeness (QED) is 0.865. The van der Waals surface area contributed by atoms with E-state index in [1.165, 1.54) is 0 Å². The Kier molecular flexibility index (Phi) is 5.21. The van der Waals surface area contributed by atoms with Crippen molar-refractivity contribution in [3.8, 4) is 0 Å². The van der Waals surface area contributed by atoms with Gasteiger partial charge in [-0.1, -0.05) is 29.8 Å². The van der Waals surface area contributed by atoms with E-state index in [1.807, 2.05) is 29.2 Å². The SMILES string of the molecule is C=CCC(=O)N1C(CO)CCCC1c1ccc(Cl)cc1. The number of halogens is 1. The number of nitrogens with zero attached hydrogens (tertiary/aromatic N) is 1. The first-order chi connectivity index (χ1) is 9.67. The first kappa shape index (κ1) is 15.1. The molecule has 1 aromatic carbocycles. The van der Waals surface area contributed by atoms with Gasteiger partial charge in [0.25, 0.3) is 0 Å². The van der Waals surface area contributed by atoms with Crippen LogP contribution in [0.3, 0.4) is 0 Å². The number of aliphatic hydroxyl groups excluding tert-OH is 1. The second-order valence-electron chi connectivity index (χ2n) is 5.13. The van der Waals surface area contributed by atoms with Crippen molar-refractivity contribution in [2.45, 2.75) is 37.8 Å². The minimum atomic E-state index is -0.100. The molecule has 1 fully saturated rings. The Morgan fingerprint density at radius 1 is 1.40 bits per heavy atom. The molecule has 4 heteroatoms. The number of benzene rings is 1. The molecular weight excluding hydrogens is 274 g/mol. The Balaban J connectivity index is 2.29. The topological polar surface area (TPSA) is 40.5 Å². The van der Waals surface area contributed by atoms with Gasteiger partial charge < -0.3 is 10.0 Å². The normalized spacial score (nSPS) is 22.6. The van der Waals surface area contributed by atoms with Crippen molar-refractivity contribution in [1.29, 1.82) is 0 Å². The van der Waals surface area contributed by atoms with Crippen molar-refractivity contribution in [1.82, 2.24) is 4.90 Å². The predicted octanol–water partition coefficient (Wildman–Crippen LogP) is 3.33. The van der Waals surface area contributed by atoms with Gasteiger partial charge in [-0.3, -0.25) is 4.79 Å². The lowest BCUT2D eigenvalue weighted by atomic mass is 9.90. The highest BCUT2D eigenvalue weighted by atomic mass is 35.5. The lowest BCUT2D eigenvalue weighted by Crippen LogP contribution is -2.47. The third-order valence-electron chi connectivity index (χ3n) is 3.82. The van der Waals surface area contributed by atoms with Crippen LogP contribution in [0.4, 0.5) is 0 Å². The molecular formula is C16H20ClNO2. The highest BCUT2D eigenvalue weighted by Crippen LogP contribution is 2.35. The van der Waals surface area contributed by atoms with Crippen LogP contribution in [0.5, 0.6) is 0 Å². The van der Waals surface area contributed by atoms with Crippen molar-refractivity contribution in [2.24, 2.45) is 0 Å². The van der Waals surface area contributed by atoms with Crippen LogP contribution in [-0.2, 0) is 4.79 Å². The highest BCUT2D eigenvalue weighted by Gasteiger charge is 2.33. The van der Waals surface area contributed by atoms with Crippen LogP contribution < -0.4 is 0 Å². The molecule has 0 aliphatic carbocycles. The van der Waals surface area contributed by atoms with Gasteiger partial charge in [-0.25, -0.2) is 0 Å². The Morgan fingerprint density at radius 2 is 2.10 bits per heavy atom. The van der Waals surface area contributed by atoms with E-state index < -0.39 is 0 Å². The predicted molar refractivity (Wildman–Crippen MR) is 80.6 cm³/mol. The summed E-state index contributed by atoms with van der Waals surface area (Å²) in [7, 11) is 0. The Labute approximate surface area is 124 Å². The highest BCUT2D eigenvalue weighted by molar-refractivity contribution is 6.30. The van der Waals surface area contributed by atoms with Crippen LogP contribution in [0, 0.1) is 0 Å². The molecule has 2 atom stereocenters. The first-order valence-corrected chi connectivity index (χ1v) is 7.33. The van der Waals surface area contributed by atoms with E-state index in [9.17, 15) is 9.90 Å². The molecule has 3 nitrogen and oxygen atoms in total. The Hall–Kier alpha value is -1.32. The summed E-state index contributed by atoms with van der Waals surface area (Å²) in [5.74, 6) is 0.0266. The fourth-order valence-corrected chi connectivity index (χ4v) is 3.00. The molecule has 1 aromatic rings. The van der Waals surface area contributed by atoms with Gasteiger partial charge in [0.05, 0.1) is 18.7 Å². The number of carbonyl (C=O) groups excluding carboxylic acids is 1. The summed E-state index contributed by atoms with van der Waals surface area (Å²) in [6, 6.07) is 7.52. The molecule has 0 bridgehead atoms. The smallest absolute Gasteiger partial charge is 0.227 e. The minimum absolute atomic E-state index is 0.00692. The van der Waals surface area contributed by atoms with E-state index in [0.717, 1.165) is 24.8 Å². The summed E-state index contributed by atoms with van der Waals surface area (Å²) in [5.41, 5.74) is 1.07. The van der Waals surface area contributed by atoms with Gasteiger partial charge in [0.1, 0.15) is 0 Å². The van der Waals surface area contributed by atoms with E-state index in [-0.39, 0.29) is 24.6 Å². The zero-order valence-corrected chi connectivity index (χ0v) is 12.2. The molecule has 1 aliphatic heterocycles. The molecule has 1 aliphatic rings. The van der Waals surface area contributed by atoms with Crippen LogP contribution in [0.25, 0.3) is 0 Å². The number of carbonyl (C=O) groups is 1. The number of hydrogen-bond donors (Lipinski definition) is 1. The molecule has 0 radical (unpaired) electrons. The Morgan fingerprint density at radius 3 is 2.70 bits per heavy atom. The number of rotatable bonds is 4. The van der Waals surface area contributed by atoms with Crippen molar-refractivity contribution < 1.29 is 9.90 Å². The number of hydrogen-bond acceptors (Lipinski definition) is 2. The van der Waals surface area contributed by atoms with Crippen molar-refractivity contribution in [3.63, 3.8) is 0 Å².